The number of carbonyl (C=O) groups is 1. The summed E-state index contributed by atoms with van der Waals surface area (Å²) in [7, 11) is 0. The van der Waals surface area contributed by atoms with Crippen molar-refractivity contribution in [2.45, 2.75) is 62.0 Å². The maximum atomic E-state index is 12.1. The van der Waals surface area contributed by atoms with E-state index in [1.807, 2.05) is 12.1 Å². The van der Waals surface area contributed by atoms with Crippen LogP contribution in [0, 0.1) is 5.92 Å². The smallest absolute Gasteiger partial charge is 0.248 e. The molecule has 3 atom stereocenters. The van der Waals surface area contributed by atoms with E-state index < -0.39 is 11.5 Å². The van der Waals surface area contributed by atoms with Gasteiger partial charge in [-0.15, -0.1) is 0 Å². The van der Waals surface area contributed by atoms with Crippen LogP contribution in [0.4, 0.5) is 0 Å². The Morgan fingerprint density at radius 1 is 1.35 bits per heavy atom. The first kappa shape index (κ1) is 16.5. The Kier molecular flexibility index (Phi) is 3.45. The average molecular weight is 352 g/mol. The van der Waals surface area contributed by atoms with Crippen molar-refractivity contribution in [3.05, 3.63) is 47.0 Å². The van der Waals surface area contributed by atoms with Gasteiger partial charge < -0.3 is 10.8 Å². The highest BCUT2D eigenvalue weighted by Gasteiger charge is 2.63. The molecule has 1 aromatic carbocycles. The molecule has 26 heavy (non-hydrogen) atoms. The second-order valence-electron chi connectivity index (χ2n) is 9.08. The molecule has 1 amide bonds. The number of rotatable bonds is 3. The number of carbonyl (C=O) groups excluding carboxylic acids is 1. The van der Waals surface area contributed by atoms with Gasteiger partial charge in [0.1, 0.15) is 0 Å². The number of fused-ring (bicyclic) bond motifs is 1. The zero-order valence-electron chi connectivity index (χ0n) is 15.3. The number of aliphatic hydroxyl groups is 1. The van der Waals surface area contributed by atoms with Crippen LogP contribution < -0.4 is 5.73 Å². The second-order valence-corrected chi connectivity index (χ2v) is 9.08. The van der Waals surface area contributed by atoms with Gasteiger partial charge in [-0.05, 0) is 80.7 Å². The number of hydrogen-bond donors (Lipinski definition) is 2. The minimum atomic E-state index is -0.732. The van der Waals surface area contributed by atoms with E-state index in [4.69, 9.17) is 5.73 Å². The molecule has 3 N–H and O–H groups in total. The summed E-state index contributed by atoms with van der Waals surface area (Å²) in [6.45, 7) is 6.42. The van der Waals surface area contributed by atoms with Crippen molar-refractivity contribution in [1.29, 1.82) is 0 Å². The van der Waals surface area contributed by atoms with Crippen LogP contribution in [0.15, 0.2) is 30.4 Å². The highest BCUT2D eigenvalue weighted by molar-refractivity contribution is 5.93. The summed E-state index contributed by atoms with van der Waals surface area (Å²) in [5.41, 5.74) is 8.72. The fraction of sp³-hybridized carbons (Fsp3) is 0.591. The summed E-state index contributed by atoms with van der Waals surface area (Å²) in [6.07, 6.45) is 6.97. The molecule has 0 aromatic heterocycles. The molecule has 1 heterocycles. The van der Waals surface area contributed by atoms with Crippen molar-refractivity contribution < 1.29 is 9.90 Å². The number of allylic oxidation sites excluding steroid dienone is 1. The standard InChI is InChI=1S/C22H28N2O2/c1-14-6-7-22(26)19-11-16-4-5-17(20(23)25)10-18(16)21(22,12-14)8-9-24(19)13-15-2-3-15/h4-5,10,15,19,26H,1-3,6-9,11-13H2,(H2,23,25)/t19?,21-,22-/m1/s1. The quantitative estimate of drug-likeness (QED) is 0.822. The molecule has 4 aliphatic rings. The third kappa shape index (κ3) is 2.18. The molecule has 1 saturated heterocycles. The lowest BCUT2D eigenvalue weighted by molar-refractivity contribution is -0.159. The van der Waals surface area contributed by atoms with Crippen LogP contribution in [0.3, 0.4) is 0 Å². The molecule has 3 aliphatic carbocycles. The van der Waals surface area contributed by atoms with Gasteiger partial charge in [0, 0.05) is 23.6 Å². The highest BCUT2D eigenvalue weighted by atomic mass is 16.3. The molecule has 5 rings (SSSR count). The minimum absolute atomic E-state index is 0.178. The Balaban J connectivity index is 1.65. The van der Waals surface area contributed by atoms with Gasteiger partial charge in [-0.25, -0.2) is 0 Å². The van der Waals surface area contributed by atoms with Crippen molar-refractivity contribution in [1.82, 2.24) is 4.90 Å². The Bertz CT molecular complexity index is 799. The summed E-state index contributed by atoms with van der Waals surface area (Å²) in [4.78, 5) is 14.3. The lowest BCUT2D eigenvalue weighted by atomic mass is 9.49. The molecule has 3 fully saturated rings. The third-order valence-corrected chi connectivity index (χ3v) is 7.57. The van der Waals surface area contributed by atoms with Gasteiger partial charge >= 0.3 is 0 Å². The van der Waals surface area contributed by atoms with Crippen LogP contribution in [0.2, 0.25) is 0 Å². The number of likely N-dealkylation sites (tertiary alicyclic amines) is 1. The summed E-state index contributed by atoms with van der Waals surface area (Å²) < 4.78 is 0. The number of nitrogens with two attached hydrogens (primary N) is 1. The molecule has 0 spiro atoms. The highest BCUT2D eigenvalue weighted by Crippen LogP contribution is 2.59. The van der Waals surface area contributed by atoms with Crippen LogP contribution in [0.1, 0.15) is 60.0 Å². The molecule has 1 aliphatic heterocycles. The molecule has 4 heteroatoms. The van der Waals surface area contributed by atoms with Gasteiger partial charge in [0.05, 0.1) is 5.60 Å². The van der Waals surface area contributed by atoms with E-state index in [-0.39, 0.29) is 11.5 Å². The molecule has 2 saturated carbocycles. The van der Waals surface area contributed by atoms with E-state index in [0.29, 0.717) is 5.56 Å². The SMILES string of the molecule is C=C1CC[C@@]2(O)C3Cc4ccc(C(N)=O)cc4[C@@]2(CCN3CC2CC2)C1. The number of benzene rings is 1. The normalized spacial score (nSPS) is 36.3. The molecular formula is C22H28N2O2. The van der Waals surface area contributed by atoms with Crippen LogP contribution in [0.25, 0.3) is 0 Å². The van der Waals surface area contributed by atoms with Gasteiger partial charge in [0.15, 0.2) is 0 Å². The van der Waals surface area contributed by atoms with Crippen molar-refractivity contribution >= 4 is 5.91 Å². The maximum absolute atomic E-state index is 12.1. The van der Waals surface area contributed by atoms with Gasteiger partial charge in [0.2, 0.25) is 5.91 Å². The van der Waals surface area contributed by atoms with Crippen LogP contribution in [-0.4, -0.2) is 40.6 Å². The zero-order chi connectivity index (χ0) is 18.1. The van der Waals surface area contributed by atoms with Crippen molar-refractivity contribution in [3.8, 4) is 0 Å². The molecule has 138 valence electrons. The predicted molar refractivity (Wildman–Crippen MR) is 101 cm³/mol. The summed E-state index contributed by atoms with van der Waals surface area (Å²) >= 11 is 0. The number of primary amides is 1. The molecule has 4 nitrogen and oxygen atoms in total. The summed E-state index contributed by atoms with van der Waals surface area (Å²) in [5, 5.41) is 12.1. The van der Waals surface area contributed by atoms with E-state index in [1.54, 1.807) is 0 Å². The van der Waals surface area contributed by atoms with Crippen molar-refractivity contribution in [2.24, 2.45) is 11.7 Å². The maximum Gasteiger partial charge on any atom is 0.248 e. The predicted octanol–water partition coefficient (Wildman–Crippen LogP) is 2.53. The first-order valence-electron chi connectivity index (χ1n) is 9.99. The van der Waals surface area contributed by atoms with Crippen LogP contribution in [-0.2, 0) is 11.8 Å². The largest absolute Gasteiger partial charge is 0.387 e. The third-order valence-electron chi connectivity index (χ3n) is 7.57. The van der Waals surface area contributed by atoms with E-state index in [9.17, 15) is 9.90 Å². The second kappa shape index (κ2) is 5.43. The molecule has 1 unspecified atom stereocenters. The monoisotopic (exact) mass is 352 g/mol. The summed E-state index contributed by atoms with van der Waals surface area (Å²) in [5.74, 6) is 0.430. The van der Waals surface area contributed by atoms with Crippen molar-refractivity contribution in [2.75, 3.05) is 13.1 Å². The molecular weight excluding hydrogens is 324 g/mol. The van der Waals surface area contributed by atoms with Gasteiger partial charge in [0.25, 0.3) is 0 Å². The fourth-order valence-electron chi connectivity index (χ4n) is 6.03. The number of piperidine rings is 1. The lowest BCUT2D eigenvalue weighted by Crippen LogP contribution is -2.72. The Morgan fingerprint density at radius 2 is 2.15 bits per heavy atom. The van der Waals surface area contributed by atoms with E-state index in [2.05, 4.69) is 17.5 Å². The number of amides is 1. The lowest BCUT2D eigenvalue weighted by Gasteiger charge is -2.64. The Morgan fingerprint density at radius 3 is 2.88 bits per heavy atom. The first-order chi connectivity index (χ1) is 12.4. The number of nitrogens with zero attached hydrogens (tertiary/aromatic N) is 1. The van der Waals surface area contributed by atoms with Crippen LogP contribution in [0.5, 0.6) is 0 Å². The summed E-state index contributed by atoms with van der Waals surface area (Å²) in [6, 6.07) is 6.06. The Labute approximate surface area is 155 Å². The van der Waals surface area contributed by atoms with Crippen molar-refractivity contribution in [3.63, 3.8) is 0 Å². The number of hydrogen-bond acceptors (Lipinski definition) is 3. The molecule has 2 bridgehead atoms. The first-order valence-corrected chi connectivity index (χ1v) is 9.99. The van der Waals surface area contributed by atoms with Crippen LogP contribution >= 0.6 is 0 Å². The van der Waals surface area contributed by atoms with E-state index >= 15 is 0 Å². The zero-order valence-corrected chi connectivity index (χ0v) is 15.3. The molecule has 0 radical (unpaired) electrons. The van der Waals surface area contributed by atoms with Gasteiger partial charge in [-0.2, -0.15) is 0 Å². The molecule has 1 aromatic rings. The van der Waals surface area contributed by atoms with Gasteiger partial charge in [-0.3, -0.25) is 9.69 Å². The van der Waals surface area contributed by atoms with E-state index in [0.717, 1.165) is 56.7 Å². The van der Waals surface area contributed by atoms with E-state index in [1.165, 1.54) is 24.0 Å². The van der Waals surface area contributed by atoms with Gasteiger partial charge in [-0.1, -0.05) is 18.2 Å². The fourth-order valence-corrected chi connectivity index (χ4v) is 6.03. The topological polar surface area (TPSA) is 66.6 Å². The Hall–Kier alpha value is -1.65. The average Bonchev–Trinajstić information content (AvgIpc) is 3.42. The minimum Gasteiger partial charge on any atom is -0.387 e.